The Morgan fingerprint density at radius 2 is 2.00 bits per heavy atom. The molecule has 0 bridgehead atoms. The van der Waals surface area contributed by atoms with Crippen LogP contribution in [0.4, 0.5) is 0 Å². The standard InChI is InChI=1S/C13H27NO/c1-10-6-7-14(11(2)8-10)9-13(4,5)12(3)15/h10-12,15H,6-9H2,1-5H3. The van der Waals surface area contributed by atoms with Crippen LogP contribution in [-0.4, -0.2) is 35.2 Å². The second-order valence-corrected chi connectivity index (χ2v) is 6.11. The van der Waals surface area contributed by atoms with Gasteiger partial charge in [-0.05, 0) is 39.2 Å². The first kappa shape index (κ1) is 13.0. The Bertz CT molecular complexity index is 201. The van der Waals surface area contributed by atoms with Crippen molar-refractivity contribution in [3.05, 3.63) is 0 Å². The number of rotatable bonds is 3. The van der Waals surface area contributed by atoms with Gasteiger partial charge in [-0.1, -0.05) is 20.8 Å². The molecule has 0 aliphatic carbocycles. The topological polar surface area (TPSA) is 23.5 Å². The van der Waals surface area contributed by atoms with Gasteiger partial charge >= 0.3 is 0 Å². The SMILES string of the molecule is CC1CCN(CC(C)(C)C(C)O)C(C)C1. The summed E-state index contributed by atoms with van der Waals surface area (Å²) in [4.78, 5) is 2.53. The third-order valence-electron chi connectivity index (χ3n) is 4.02. The summed E-state index contributed by atoms with van der Waals surface area (Å²) in [5.74, 6) is 0.867. The molecule has 0 aromatic heterocycles. The highest BCUT2D eigenvalue weighted by molar-refractivity contribution is 4.84. The smallest absolute Gasteiger partial charge is 0.0575 e. The van der Waals surface area contributed by atoms with Crippen molar-refractivity contribution >= 4 is 0 Å². The molecule has 1 rings (SSSR count). The maximum atomic E-state index is 9.72. The van der Waals surface area contributed by atoms with E-state index in [1.165, 1.54) is 19.4 Å². The van der Waals surface area contributed by atoms with E-state index in [0.717, 1.165) is 12.5 Å². The predicted octanol–water partition coefficient (Wildman–Crippen LogP) is 2.51. The first-order chi connectivity index (χ1) is 6.83. The molecule has 1 heterocycles. The van der Waals surface area contributed by atoms with Crippen LogP contribution in [0.2, 0.25) is 0 Å². The Labute approximate surface area is 94.7 Å². The van der Waals surface area contributed by atoms with Crippen LogP contribution in [-0.2, 0) is 0 Å². The van der Waals surface area contributed by atoms with Crippen LogP contribution in [0.5, 0.6) is 0 Å². The fourth-order valence-corrected chi connectivity index (χ4v) is 2.35. The third kappa shape index (κ3) is 3.46. The van der Waals surface area contributed by atoms with Gasteiger partial charge in [0.2, 0.25) is 0 Å². The highest BCUT2D eigenvalue weighted by atomic mass is 16.3. The molecule has 2 nitrogen and oxygen atoms in total. The Morgan fingerprint density at radius 1 is 1.40 bits per heavy atom. The largest absolute Gasteiger partial charge is 0.393 e. The van der Waals surface area contributed by atoms with E-state index in [4.69, 9.17) is 0 Å². The molecule has 1 aliphatic rings. The average Bonchev–Trinajstić information content (AvgIpc) is 2.09. The van der Waals surface area contributed by atoms with Crippen molar-refractivity contribution in [2.45, 2.75) is 59.6 Å². The van der Waals surface area contributed by atoms with E-state index in [1.54, 1.807) is 0 Å². The zero-order valence-corrected chi connectivity index (χ0v) is 11.0. The van der Waals surface area contributed by atoms with Crippen LogP contribution in [0.25, 0.3) is 0 Å². The van der Waals surface area contributed by atoms with Crippen molar-refractivity contribution in [3.8, 4) is 0 Å². The Hall–Kier alpha value is -0.0800. The van der Waals surface area contributed by atoms with Crippen LogP contribution >= 0.6 is 0 Å². The van der Waals surface area contributed by atoms with Crippen LogP contribution in [0.15, 0.2) is 0 Å². The molecule has 0 amide bonds. The lowest BCUT2D eigenvalue weighted by Gasteiger charge is -2.42. The van der Waals surface area contributed by atoms with Crippen molar-refractivity contribution in [1.29, 1.82) is 0 Å². The molecule has 90 valence electrons. The van der Waals surface area contributed by atoms with E-state index in [1.807, 2.05) is 6.92 Å². The minimum absolute atomic E-state index is 0.00877. The Balaban J connectivity index is 2.51. The molecule has 0 radical (unpaired) electrons. The van der Waals surface area contributed by atoms with Crippen molar-refractivity contribution in [2.24, 2.45) is 11.3 Å². The molecule has 1 saturated heterocycles. The van der Waals surface area contributed by atoms with Gasteiger partial charge < -0.3 is 10.0 Å². The Kier molecular flexibility index (Phi) is 4.19. The number of hydrogen-bond acceptors (Lipinski definition) is 2. The molecular weight excluding hydrogens is 186 g/mol. The number of aliphatic hydroxyl groups is 1. The number of piperidine rings is 1. The second kappa shape index (κ2) is 4.84. The van der Waals surface area contributed by atoms with E-state index in [-0.39, 0.29) is 11.5 Å². The minimum Gasteiger partial charge on any atom is -0.393 e. The Morgan fingerprint density at radius 3 is 2.47 bits per heavy atom. The molecular formula is C13H27NO. The van der Waals surface area contributed by atoms with Gasteiger partial charge in [0.25, 0.3) is 0 Å². The minimum atomic E-state index is -0.232. The van der Waals surface area contributed by atoms with E-state index in [2.05, 4.69) is 32.6 Å². The number of nitrogens with zero attached hydrogens (tertiary/aromatic N) is 1. The lowest BCUT2D eigenvalue weighted by Crippen LogP contribution is -2.47. The predicted molar refractivity (Wildman–Crippen MR) is 64.9 cm³/mol. The monoisotopic (exact) mass is 213 g/mol. The molecule has 0 saturated carbocycles. The van der Waals surface area contributed by atoms with Gasteiger partial charge in [-0.3, -0.25) is 0 Å². The van der Waals surface area contributed by atoms with Gasteiger partial charge in [0.15, 0.2) is 0 Å². The summed E-state index contributed by atoms with van der Waals surface area (Å²) < 4.78 is 0. The highest BCUT2D eigenvalue weighted by Crippen LogP contribution is 2.28. The molecule has 3 unspecified atom stereocenters. The normalized spacial score (nSPS) is 31.6. The second-order valence-electron chi connectivity index (χ2n) is 6.11. The molecule has 15 heavy (non-hydrogen) atoms. The zero-order chi connectivity index (χ0) is 11.6. The summed E-state index contributed by atoms with van der Waals surface area (Å²) in [5.41, 5.74) is 0.00877. The first-order valence-corrected chi connectivity index (χ1v) is 6.25. The van der Waals surface area contributed by atoms with Gasteiger partial charge in [-0.2, -0.15) is 0 Å². The van der Waals surface area contributed by atoms with E-state index in [0.29, 0.717) is 6.04 Å². The first-order valence-electron chi connectivity index (χ1n) is 6.25. The van der Waals surface area contributed by atoms with Gasteiger partial charge in [0, 0.05) is 18.0 Å². The molecule has 3 atom stereocenters. The molecule has 1 N–H and O–H groups in total. The summed E-state index contributed by atoms with van der Waals surface area (Å²) in [7, 11) is 0. The number of aliphatic hydroxyl groups excluding tert-OH is 1. The average molecular weight is 213 g/mol. The van der Waals surface area contributed by atoms with Crippen LogP contribution in [0.1, 0.15) is 47.5 Å². The molecule has 0 spiro atoms. The fraction of sp³-hybridized carbons (Fsp3) is 1.00. The maximum Gasteiger partial charge on any atom is 0.0575 e. The molecule has 1 fully saturated rings. The summed E-state index contributed by atoms with van der Waals surface area (Å²) >= 11 is 0. The summed E-state index contributed by atoms with van der Waals surface area (Å²) in [6.45, 7) is 13.1. The van der Waals surface area contributed by atoms with Crippen molar-refractivity contribution < 1.29 is 5.11 Å². The van der Waals surface area contributed by atoms with Crippen molar-refractivity contribution in [2.75, 3.05) is 13.1 Å². The van der Waals surface area contributed by atoms with E-state index >= 15 is 0 Å². The van der Waals surface area contributed by atoms with E-state index < -0.39 is 0 Å². The molecule has 1 aliphatic heterocycles. The highest BCUT2D eigenvalue weighted by Gasteiger charge is 2.31. The van der Waals surface area contributed by atoms with Gasteiger partial charge in [0.1, 0.15) is 0 Å². The fourth-order valence-electron chi connectivity index (χ4n) is 2.35. The zero-order valence-electron chi connectivity index (χ0n) is 11.0. The van der Waals surface area contributed by atoms with Crippen LogP contribution < -0.4 is 0 Å². The van der Waals surface area contributed by atoms with Crippen molar-refractivity contribution in [1.82, 2.24) is 4.90 Å². The van der Waals surface area contributed by atoms with Gasteiger partial charge in [-0.25, -0.2) is 0 Å². The van der Waals surface area contributed by atoms with Gasteiger partial charge in [-0.15, -0.1) is 0 Å². The number of hydrogen-bond donors (Lipinski definition) is 1. The number of likely N-dealkylation sites (tertiary alicyclic amines) is 1. The molecule has 2 heteroatoms. The van der Waals surface area contributed by atoms with E-state index in [9.17, 15) is 5.11 Å². The van der Waals surface area contributed by atoms with Crippen molar-refractivity contribution in [3.63, 3.8) is 0 Å². The molecule has 0 aromatic rings. The lowest BCUT2D eigenvalue weighted by atomic mass is 9.84. The lowest BCUT2D eigenvalue weighted by molar-refractivity contribution is 0.00958. The maximum absolute atomic E-state index is 9.72. The quantitative estimate of drug-likeness (QED) is 0.778. The third-order valence-corrected chi connectivity index (χ3v) is 4.02. The molecule has 0 aromatic carbocycles. The van der Waals surface area contributed by atoms with Gasteiger partial charge in [0.05, 0.1) is 6.10 Å². The van der Waals surface area contributed by atoms with Crippen LogP contribution in [0, 0.1) is 11.3 Å². The summed E-state index contributed by atoms with van der Waals surface area (Å²) in [5, 5.41) is 9.72. The summed E-state index contributed by atoms with van der Waals surface area (Å²) in [6.07, 6.45) is 2.37. The van der Waals surface area contributed by atoms with Crippen LogP contribution in [0.3, 0.4) is 0 Å². The summed E-state index contributed by atoms with van der Waals surface area (Å²) in [6, 6.07) is 0.673.